The lowest BCUT2D eigenvalue weighted by molar-refractivity contribution is -0.136. The number of nitrogens with two attached hydrogens (primary N) is 1. The fourth-order valence-corrected chi connectivity index (χ4v) is 2.87. The van der Waals surface area contributed by atoms with Crippen molar-refractivity contribution in [2.45, 2.75) is 52.0 Å². The lowest BCUT2D eigenvalue weighted by Gasteiger charge is -2.31. The van der Waals surface area contributed by atoms with Gasteiger partial charge in [0.1, 0.15) is 6.04 Å². The zero-order valence-corrected chi connectivity index (χ0v) is 12.4. The Hall–Kier alpha value is -1.10. The molecule has 1 heterocycles. The molecule has 3 N–H and O–H groups in total. The summed E-state index contributed by atoms with van der Waals surface area (Å²) in [5, 5.41) is 2.91. The highest BCUT2D eigenvalue weighted by Gasteiger charge is 2.39. The number of hydrogen-bond acceptors (Lipinski definition) is 3. The van der Waals surface area contributed by atoms with Crippen LogP contribution in [0.5, 0.6) is 0 Å². The normalized spacial score (nSPS) is 19.9. The molecule has 1 atom stereocenters. The number of carbonyl (C=O) groups excluding carboxylic acids is 2. The maximum absolute atomic E-state index is 12.5. The highest BCUT2D eigenvalue weighted by Crippen LogP contribution is 2.29. The predicted octanol–water partition coefficient (Wildman–Crippen LogP) is 0.879. The van der Waals surface area contributed by atoms with Crippen molar-refractivity contribution in [1.29, 1.82) is 0 Å². The lowest BCUT2D eigenvalue weighted by Crippen LogP contribution is -2.51. The molecule has 0 aliphatic carbocycles. The third-order valence-corrected chi connectivity index (χ3v) is 4.06. The minimum absolute atomic E-state index is 0.00673. The minimum atomic E-state index is -0.509. The summed E-state index contributed by atoms with van der Waals surface area (Å²) in [4.78, 5) is 26.0. The molecule has 2 amide bonds. The van der Waals surface area contributed by atoms with Gasteiger partial charge in [-0.05, 0) is 19.3 Å². The van der Waals surface area contributed by atoms with Crippen molar-refractivity contribution in [2.24, 2.45) is 11.1 Å². The number of amides is 2. The fraction of sp³-hybridized carbons (Fsp3) is 0.857. The SMILES string of the molecule is CCCC(CN)(CCC)C(=O)NC1CCN(C)C1=O. The van der Waals surface area contributed by atoms with Gasteiger partial charge in [-0.1, -0.05) is 26.7 Å². The standard InChI is InChI=1S/C14H27N3O2/c1-4-7-14(10-15,8-5-2)13(19)16-11-6-9-17(3)12(11)18/h11H,4-10,15H2,1-3H3,(H,16,19). The predicted molar refractivity (Wildman–Crippen MR) is 75.5 cm³/mol. The van der Waals surface area contributed by atoms with Gasteiger partial charge in [-0.3, -0.25) is 9.59 Å². The number of hydrogen-bond donors (Lipinski definition) is 2. The van der Waals surface area contributed by atoms with Crippen LogP contribution in [-0.4, -0.2) is 42.9 Å². The van der Waals surface area contributed by atoms with Crippen molar-refractivity contribution in [3.63, 3.8) is 0 Å². The Morgan fingerprint density at radius 2 is 2.00 bits per heavy atom. The Bertz CT molecular complexity index is 325. The van der Waals surface area contributed by atoms with Crippen LogP contribution in [-0.2, 0) is 9.59 Å². The molecular weight excluding hydrogens is 242 g/mol. The van der Waals surface area contributed by atoms with Crippen LogP contribution < -0.4 is 11.1 Å². The third kappa shape index (κ3) is 3.47. The van der Waals surface area contributed by atoms with Crippen LogP contribution in [0.4, 0.5) is 0 Å². The molecule has 19 heavy (non-hydrogen) atoms. The lowest BCUT2D eigenvalue weighted by atomic mass is 9.78. The van der Waals surface area contributed by atoms with E-state index in [1.54, 1.807) is 11.9 Å². The molecule has 1 rings (SSSR count). The van der Waals surface area contributed by atoms with Crippen LogP contribution >= 0.6 is 0 Å². The first-order chi connectivity index (χ1) is 9.00. The van der Waals surface area contributed by atoms with Gasteiger partial charge in [0.2, 0.25) is 11.8 Å². The summed E-state index contributed by atoms with van der Waals surface area (Å²) in [6.07, 6.45) is 4.09. The van der Waals surface area contributed by atoms with Crippen molar-refractivity contribution >= 4 is 11.8 Å². The molecule has 0 bridgehead atoms. The molecule has 0 aromatic heterocycles. The molecule has 1 aliphatic heterocycles. The molecule has 1 unspecified atom stereocenters. The van der Waals surface area contributed by atoms with Gasteiger partial charge in [0.15, 0.2) is 0 Å². The summed E-state index contributed by atoms with van der Waals surface area (Å²) in [7, 11) is 1.77. The second-order valence-corrected chi connectivity index (χ2v) is 5.56. The second-order valence-electron chi connectivity index (χ2n) is 5.56. The highest BCUT2D eigenvalue weighted by molar-refractivity contribution is 5.91. The van der Waals surface area contributed by atoms with Gasteiger partial charge in [0.05, 0.1) is 5.41 Å². The Balaban J connectivity index is 2.74. The molecule has 1 saturated heterocycles. The van der Waals surface area contributed by atoms with E-state index in [1.807, 2.05) is 0 Å². The van der Waals surface area contributed by atoms with E-state index in [0.29, 0.717) is 19.5 Å². The van der Waals surface area contributed by atoms with E-state index in [0.717, 1.165) is 25.7 Å². The number of rotatable bonds is 7. The number of nitrogens with zero attached hydrogens (tertiary/aromatic N) is 1. The van der Waals surface area contributed by atoms with Gasteiger partial charge in [0, 0.05) is 20.1 Å². The van der Waals surface area contributed by atoms with Crippen molar-refractivity contribution in [3.8, 4) is 0 Å². The monoisotopic (exact) mass is 269 g/mol. The van der Waals surface area contributed by atoms with Gasteiger partial charge in [-0.25, -0.2) is 0 Å². The molecule has 0 saturated carbocycles. The summed E-state index contributed by atoms with van der Waals surface area (Å²) < 4.78 is 0. The molecule has 1 aliphatic rings. The minimum Gasteiger partial charge on any atom is -0.344 e. The zero-order valence-electron chi connectivity index (χ0n) is 12.4. The van der Waals surface area contributed by atoms with Gasteiger partial charge >= 0.3 is 0 Å². The molecule has 5 heteroatoms. The van der Waals surface area contributed by atoms with Gasteiger partial charge in [0.25, 0.3) is 0 Å². The van der Waals surface area contributed by atoms with E-state index in [2.05, 4.69) is 19.2 Å². The Kier molecular flexibility index (Phi) is 5.79. The van der Waals surface area contributed by atoms with Crippen LogP contribution in [0.25, 0.3) is 0 Å². The van der Waals surface area contributed by atoms with E-state index >= 15 is 0 Å². The molecule has 110 valence electrons. The number of likely N-dealkylation sites (N-methyl/N-ethyl adjacent to an activating group) is 1. The average Bonchev–Trinajstić information content (AvgIpc) is 2.70. The number of carbonyl (C=O) groups is 2. The molecule has 0 radical (unpaired) electrons. The first-order valence-corrected chi connectivity index (χ1v) is 7.26. The van der Waals surface area contributed by atoms with Crippen LogP contribution in [0.1, 0.15) is 46.0 Å². The highest BCUT2D eigenvalue weighted by atomic mass is 16.2. The van der Waals surface area contributed by atoms with Crippen LogP contribution in [0.15, 0.2) is 0 Å². The Morgan fingerprint density at radius 1 is 1.42 bits per heavy atom. The first-order valence-electron chi connectivity index (χ1n) is 7.26. The summed E-state index contributed by atoms with van der Waals surface area (Å²) in [5.41, 5.74) is 5.35. The zero-order chi connectivity index (χ0) is 14.5. The maximum Gasteiger partial charge on any atom is 0.244 e. The second kappa shape index (κ2) is 6.89. The Morgan fingerprint density at radius 3 is 2.37 bits per heavy atom. The summed E-state index contributed by atoms with van der Waals surface area (Å²) in [6, 6.07) is -0.364. The molecule has 0 aromatic rings. The van der Waals surface area contributed by atoms with Crippen molar-refractivity contribution in [1.82, 2.24) is 10.2 Å². The van der Waals surface area contributed by atoms with Crippen LogP contribution in [0.2, 0.25) is 0 Å². The van der Waals surface area contributed by atoms with Crippen molar-refractivity contribution in [3.05, 3.63) is 0 Å². The smallest absolute Gasteiger partial charge is 0.244 e. The van der Waals surface area contributed by atoms with Gasteiger partial charge in [-0.2, -0.15) is 0 Å². The first kappa shape index (κ1) is 16.0. The summed E-state index contributed by atoms with van der Waals surface area (Å²) in [5.74, 6) is -0.0420. The van der Waals surface area contributed by atoms with Gasteiger partial charge in [-0.15, -0.1) is 0 Å². The molecule has 1 fully saturated rings. The topological polar surface area (TPSA) is 75.4 Å². The van der Waals surface area contributed by atoms with Crippen molar-refractivity contribution < 1.29 is 9.59 Å². The van der Waals surface area contributed by atoms with E-state index in [9.17, 15) is 9.59 Å². The fourth-order valence-electron chi connectivity index (χ4n) is 2.87. The van der Waals surface area contributed by atoms with Crippen molar-refractivity contribution in [2.75, 3.05) is 20.1 Å². The summed E-state index contributed by atoms with van der Waals surface area (Å²) >= 11 is 0. The number of nitrogens with one attached hydrogen (secondary N) is 1. The quantitative estimate of drug-likeness (QED) is 0.720. The third-order valence-electron chi connectivity index (χ3n) is 4.06. The van der Waals surface area contributed by atoms with E-state index in [4.69, 9.17) is 5.73 Å². The van der Waals surface area contributed by atoms with E-state index in [-0.39, 0.29) is 17.9 Å². The van der Waals surface area contributed by atoms with Crippen LogP contribution in [0.3, 0.4) is 0 Å². The van der Waals surface area contributed by atoms with Crippen LogP contribution in [0, 0.1) is 5.41 Å². The molecule has 5 nitrogen and oxygen atoms in total. The molecule has 0 aromatic carbocycles. The largest absolute Gasteiger partial charge is 0.344 e. The van der Waals surface area contributed by atoms with Gasteiger partial charge < -0.3 is 16.0 Å². The average molecular weight is 269 g/mol. The van der Waals surface area contributed by atoms with E-state index in [1.165, 1.54) is 0 Å². The molecular formula is C14H27N3O2. The Labute approximate surface area is 115 Å². The maximum atomic E-state index is 12.5. The summed E-state index contributed by atoms with van der Waals surface area (Å²) in [6.45, 7) is 5.17. The molecule has 0 spiro atoms. The number of likely N-dealkylation sites (tertiary alicyclic amines) is 1. The van der Waals surface area contributed by atoms with E-state index < -0.39 is 5.41 Å².